The smallest absolute Gasteiger partial charge is 0.410 e. The van der Waals surface area contributed by atoms with Crippen LogP contribution in [-0.2, 0) is 51.7 Å². The minimum absolute atomic E-state index is 0.00610. The van der Waals surface area contributed by atoms with Crippen LogP contribution in [0, 0.1) is 17.7 Å². The lowest BCUT2D eigenvalue weighted by Gasteiger charge is -2.30. The number of nitrogens with one attached hydrogen (secondary N) is 3. The third-order valence-corrected chi connectivity index (χ3v) is 12.7. The maximum Gasteiger partial charge on any atom is 0.410 e. The minimum Gasteiger partial charge on any atom is -0.444 e. The average Bonchev–Trinajstić information content (AvgIpc) is 3.99. The third kappa shape index (κ3) is 9.71. The molecular weight excluding hydrogens is 750 g/mol. The van der Waals surface area contributed by atoms with Gasteiger partial charge >= 0.3 is 12.2 Å². The number of rotatable bonds is 15. The Bertz CT molecular complexity index is 1860. The summed E-state index contributed by atoms with van der Waals surface area (Å²) >= 11 is 0. The highest BCUT2D eigenvalue weighted by molar-refractivity contribution is 7.91. The summed E-state index contributed by atoms with van der Waals surface area (Å²) in [6.07, 6.45) is 7.02. The SMILES string of the molecule is C=CC1C[C@]1(NC(=O)C1C[C@@H](OC(=O)N2Cc3cccc(F)c3C2)CN1C(=O)[C@H](CCOC/C=C/C1CCC1)NC(=O)OC(C)(C)C)C(=O)NS(=O)(=O)C1CC1. The van der Waals surface area contributed by atoms with Crippen LogP contribution in [-0.4, -0.2) is 102 Å². The molecule has 5 aliphatic rings. The highest BCUT2D eigenvalue weighted by Crippen LogP contribution is 2.45. The van der Waals surface area contributed by atoms with Gasteiger partial charge in [-0.25, -0.2) is 22.4 Å². The van der Waals surface area contributed by atoms with Crippen LogP contribution in [0.3, 0.4) is 0 Å². The van der Waals surface area contributed by atoms with Gasteiger partial charge in [0.15, 0.2) is 0 Å². The lowest BCUT2D eigenvalue weighted by Crippen LogP contribution is -2.58. The van der Waals surface area contributed by atoms with E-state index in [-0.39, 0.29) is 45.5 Å². The predicted octanol–water partition coefficient (Wildman–Crippen LogP) is 3.57. The van der Waals surface area contributed by atoms with E-state index in [1.807, 2.05) is 6.08 Å². The van der Waals surface area contributed by atoms with Crippen LogP contribution in [0.25, 0.3) is 0 Å². The first-order valence-electron chi connectivity index (χ1n) is 19.3. The molecule has 1 aromatic carbocycles. The minimum atomic E-state index is -3.95. The van der Waals surface area contributed by atoms with Gasteiger partial charge in [0, 0.05) is 37.5 Å². The van der Waals surface area contributed by atoms with Gasteiger partial charge in [0.05, 0.1) is 24.9 Å². The Morgan fingerprint density at radius 3 is 2.48 bits per heavy atom. The van der Waals surface area contributed by atoms with Gasteiger partial charge in [0.2, 0.25) is 21.8 Å². The summed E-state index contributed by atoms with van der Waals surface area (Å²) in [7, 11) is -3.95. The van der Waals surface area contributed by atoms with Gasteiger partial charge < -0.3 is 29.7 Å². The summed E-state index contributed by atoms with van der Waals surface area (Å²) in [4.78, 5) is 71.0. The fraction of sp³-hybridized carbons (Fsp3) is 0.615. The first-order valence-corrected chi connectivity index (χ1v) is 20.8. The van der Waals surface area contributed by atoms with Gasteiger partial charge in [-0.15, -0.1) is 6.58 Å². The molecule has 3 aliphatic carbocycles. The highest BCUT2D eigenvalue weighted by atomic mass is 32.2. The molecule has 306 valence electrons. The number of amides is 5. The molecule has 5 atom stereocenters. The zero-order valence-corrected chi connectivity index (χ0v) is 32.9. The summed E-state index contributed by atoms with van der Waals surface area (Å²) in [6.45, 7) is 8.94. The Kier molecular flexibility index (Phi) is 12.1. The summed E-state index contributed by atoms with van der Waals surface area (Å²) in [5, 5.41) is 4.63. The lowest BCUT2D eigenvalue weighted by atomic mass is 9.85. The topological polar surface area (TPSA) is 190 Å². The number of fused-ring (bicyclic) bond motifs is 1. The Morgan fingerprint density at radius 1 is 1.11 bits per heavy atom. The molecule has 1 saturated heterocycles. The Balaban J connectivity index is 1.20. The average molecular weight is 802 g/mol. The third-order valence-electron chi connectivity index (χ3n) is 10.9. The summed E-state index contributed by atoms with van der Waals surface area (Å²) in [5.41, 5.74) is -1.52. The first-order chi connectivity index (χ1) is 26.5. The number of alkyl carbamates (subject to hydrolysis) is 1. The largest absolute Gasteiger partial charge is 0.444 e. The normalized spacial score (nSPS) is 25.2. The number of allylic oxidation sites excluding steroid dienone is 1. The highest BCUT2D eigenvalue weighted by Gasteiger charge is 2.62. The second-order valence-corrected chi connectivity index (χ2v) is 18.3. The van der Waals surface area contributed by atoms with Crippen LogP contribution in [0.15, 0.2) is 43.0 Å². The van der Waals surface area contributed by atoms with E-state index in [0.29, 0.717) is 36.5 Å². The molecule has 56 heavy (non-hydrogen) atoms. The van der Waals surface area contributed by atoms with E-state index in [4.69, 9.17) is 14.2 Å². The van der Waals surface area contributed by atoms with Crippen molar-refractivity contribution in [3.8, 4) is 0 Å². The van der Waals surface area contributed by atoms with Gasteiger partial charge in [0.1, 0.15) is 35.1 Å². The number of ether oxygens (including phenoxy) is 3. The van der Waals surface area contributed by atoms with Crippen molar-refractivity contribution in [3.05, 3.63) is 60.0 Å². The van der Waals surface area contributed by atoms with Crippen LogP contribution >= 0.6 is 0 Å². The van der Waals surface area contributed by atoms with Crippen LogP contribution in [0.2, 0.25) is 0 Å². The van der Waals surface area contributed by atoms with E-state index in [9.17, 15) is 36.8 Å². The van der Waals surface area contributed by atoms with Gasteiger partial charge in [-0.3, -0.25) is 24.0 Å². The molecule has 0 bridgehead atoms. The van der Waals surface area contributed by atoms with E-state index in [1.165, 1.54) is 28.4 Å². The zero-order chi connectivity index (χ0) is 40.4. The number of carbonyl (C=O) groups is 5. The Morgan fingerprint density at radius 2 is 1.86 bits per heavy atom. The van der Waals surface area contributed by atoms with E-state index < -0.39 is 86.2 Å². The molecule has 17 heteroatoms. The molecule has 0 spiro atoms. The van der Waals surface area contributed by atoms with Crippen molar-refractivity contribution in [2.24, 2.45) is 11.8 Å². The van der Waals surface area contributed by atoms with Crippen molar-refractivity contribution in [3.63, 3.8) is 0 Å². The van der Waals surface area contributed by atoms with E-state index in [0.717, 1.165) is 12.8 Å². The second kappa shape index (κ2) is 16.5. The van der Waals surface area contributed by atoms with Crippen molar-refractivity contribution < 1.29 is 51.0 Å². The molecule has 15 nitrogen and oxygen atoms in total. The molecule has 0 aromatic heterocycles. The lowest BCUT2D eigenvalue weighted by molar-refractivity contribution is -0.141. The van der Waals surface area contributed by atoms with Gasteiger partial charge in [-0.2, -0.15) is 0 Å². The summed E-state index contributed by atoms with van der Waals surface area (Å²) in [5.74, 6) is -2.89. The van der Waals surface area contributed by atoms with Crippen molar-refractivity contribution >= 4 is 39.9 Å². The second-order valence-electron chi connectivity index (χ2n) is 16.3. The molecule has 2 aliphatic heterocycles. The fourth-order valence-corrected chi connectivity index (χ4v) is 8.63. The Labute approximate surface area is 326 Å². The van der Waals surface area contributed by atoms with E-state index in [1.54, 1.807) is 32.9 Å². The number of hydrogen-bond acceptors (Lipinski definition) is 10. The van der Waals surface area contributed by atoms with Crippen molar-refractivity contribution in [1.82, 2.24) is 25.2 Å². The summed E-state index contributed by atoms with van der Waals surface area (Å²) in [6, 6.07) is 2.03. The van der Waals surface area contributed by atoms with Crippen molar-refractivity contribution in [1.29, 1.82) is 0 Å². The number of sulfonamides is 1. The van der Waals surface area contributed by atoms with E-state index >= 15 is 0 Å². The molecule has 1 aromatic rings. The van der Waals surface area contributed by atoms with Crippen LogP contribution in [0.4, 0.5) is 14.0 Å². The molecule has 5 amide bonds. The Hall–Kier alpha value is -4.51. The van der Waals surface area contributed by atoms with Gasteiger partial charge in [0.25, 0.3) is 5.91 Å². The number of hydrogen-bond donors (Lipinski definition) is 3. The fourth-order valence-electron chi connectivity index (χ4n) is 7.26. The van der Waals surface area contributed by atoms with Crippen molar-refractivity contribution in [2.75, 3.05) is 19.8 Å². The number of carbonyl (C=O) groups excluding carboxylic acids is 5. The molecule has 2 unspecified atom stereocenters. The zero-order valence-electron chi connectivity index (χ0n) is 32.1. The molecule has 0 radical (unpaired) electrons. The summed E-state index contributed by atoms with van der Waals surface area (Å²) < 4.78 is 59.0. The van der Waals surface area contributed by atoms with Crippen molar-refractivity contribution in [2.45, 2.75) is 120 Å². The molecular formula is C39H52FN5O10S. The number of halogens is 1. The van der Waals surface area contributed by atoms with E-state index in [2.05, 4.69) is 28.0 Å². The number of nitrogens with zero attached hydrogens (tertiary/aromatic N) is 2. The monoisotopic (exact) mass is 801 g/mol. The maximum atomic E-state index is 14.5. The van der Waals surface area contributed by atoms with Crippen LogP contribution in [0.5, 0.6) is 0 Å². The first kappa shape index (κ1) is 41.1. The molecule has 4 fully saturated rings. The maximum absolute atomic E-state index is 14.5. The standard InChI is InChI=1S/C39H52FN5O10S/c1-5-26-20-39(26,35(48)43-56(51,52)28-14-15-28)42-33(46)32-19-27(54-37(50)44-21-25-12-7-13-30(40)29(25)23-44)22-45(32)34(47)31(41-36(49)55-38(2,3)4)16-18-53-17-8-11-24-9-6-10-24/h5,7-8,11-13,24,26-28,31-32H,1,6,9-10,14-23H2,2-4H3,(H,41,49)(H,42,46)(H,43,48)/b11-8+/t26?,27-,31+,32?,39-/m1/s1. The van der Waals surface area contributed by atoms with Gasteiger partial charge in [-0.05, 0) is 70.4 Å². The molecule has 3 saturated carbocycles. The van der Waals surface area contributed by atoms with Gasteiger partial charge in [-0.1, -0.05) is 36.8 Å². The molecule has 3 N–H and O–H groups in total. The van der Waals surface area contributed by atoms with Crippen LogP contribution in [0.1, 0.15) is 83.3 Å². The number of likely N-dealkylation sites (tertiary alicyclic amines) is 1. The molecule has 2 heterocycles. The molecule has 6 rings (SSSR count). The number of benzene rings is 1. The quantitative estimate of drug-likeness (QED) is 0.175. The predicted molar refractivity (Wildman–Crippen MR) is 200 cm³/mol. The van der Waals surface area contributed by atoms with Crippen LogP contribution < -0.4 is 15.4 Å².